The molecule has 0 N–H and O–H groups in total. The molecule has 0 radical (unpaired) electrons. The van der Waals surface area contributed by atoms with Gasteiger partial charge in [0, 0.05) is 30.5 Å². The fourth-order valence-corrected chi connectivity index (χ4v) is 2.06. The molecule has 1 amide bonds. The van der Waals surface area contributed by atoms with E-state index in [1.54, 1.807) is 18.7 Å². The number of pyridine rings is 1. The van der Waals surface area contributed by atoms with Gasteiger partial charge in [0.15, 0.2) is 5.76 Å². The van der Waals surface area contributed by atoms with Gasteiger partial charge in [0.2, 0.25) is 0 Å². The van der Waals surface area contributed by atoms with Crippen LogP contribution in [0.15, 0.2) is 41.3 Å². The Kier molecular flexibility index (Phi) is 4.56. The van der Waals surface area contributed by atoms with Crippen LogP contribution in [-0.4, -0.2) is 21.8 Å². The summed E-state index contributed by atoms with van der Waals surface area (Å²) in [6, 6.07) is 5.82. The number of hydrogen-bond donors (Lipinski definition) is 0. The lowest BCUT2D eigenvalue weighted by atomic mass is 10.1. The van der Waals surface area contributed by atoms with Gasteiger partial charge < -0.3 is 9.32 Å². The topological polar surface area (TPSA) is 46.3 Å². The number of amides is 1. The molecule has 20 heavy (non-hydrogen) atoms. The summed E-state index contributed by atoms with van der Waals surface area (Å²) in [6.45, 7) is 6.58. The van der Waals surface area contributed by atoms with Crippen LogP contribution >= 0.6 is 0 Å². The number of carbonyl (C=O) groups is 1. The lowest BCUT2D eigenvalue weighted by Crippen LogP contribution is -2.37. The summed E-state index contributed by atoms with van der Waals surface area (Å²) < 4.78 is 5.34. The summed E-state index contributed by atoms with van der Waals surface area (Å²) in [7, 11) is 0. The lowest BCUT2D eigenvalue weighted by molar-refractivity contribution is 0.0637. The van der Waals surface area contributed by atoms with E-state index >= 15 is 0 Å². The molecule has 1 atom stereocenters. The Hall–Kier alpha value is -2.10. The van der Waals surface area contributed by atoms with Crippen molar-refractivity contribution in [3.05, 3.63) is 53.7 Å². The predicted molar refractivity (Wildman–Crippen MR) is 77.3 cm³/mol. The minimum Gasteiger partial charge on any atom is -0.459 e. The van der Waals surface area contributed by atoms with Crippen molar-refractivity contribution < 1.29 is 9.21 Å². The van der Waals surface area contributed by atoms with Gasteiger partial charge in [-0.2, -0.15) is 0 Å². The van der Waals surface area contributed by atoms with Crippen LogP contribution in [0.4, 0.5) is 0 Å². The molecule has 2 aromatic heterocycles. The Balaban J connectivity index is 2.24. The molecule has 0 aliphatic carbocycles. The zero-order chi connectivity index (χ0) is 14.5. The van der Waals surface area contributed by atoms with E-state index in [-0.39, 0.29) is 11.9 Å². The number of rotatable bonds is 5. The van der Waals surface area contributed by atoms with Gasteiger partial charge >= 0.3 is 0 Å². The minimum atomic E-state index is -0.0568. The van der Waals surface area contributed by atoms with E-state index in [1.807, 2.05) is 30.0 Å². The Bertz CT molecular complexity index is 563. The highest BCUT2D eigenvalue weighted by Crippen LogP contribution is 2.18. The summed E-state index contributed by atoms with van der Waals surface area (Å²) in [5.74, 6) is 0.373. The Morgan fingerprint density at radius 1 is 1.35 bits per heavy atom. The van der Waals surface area contributed by atoms with Crippen molar-refractivity contribution in [1.82, 2.24) is 9.88 Å². The first-order valence-electron chi connectivity index (χ1n) is 6.87. The number of furan rings is 1. The maximum atomic E-state index is 12.6. The average Bonchev–Trinajstić information content (AvgIpc) is 2.90. The van der Waals surface area contributed by atoms with E-state index in [4.69, 9.17) is 4.42 Å². The smallest absolute Gasteiger partial charge is 0.290 e. The van der Waals surface area contributed by atoms with Crippen molar-refractivity contribution in [2.45, 2.75) is 39.8 Å². The van der Waals surface area contributed by atoms with E-state index in [0.29, 0.717) is 12.3 Å². The molecule has 0 saturated heterocycles. The van der Waals surface area contributed by atoms with Gasteiger partial charge in [-0.15, -0.1) is 0 Å². The van der Waals surface area contributed by atoms with E-state index in [0.717, 1.165) is 17.5 Å². The molecule has 2 rings (SSSR count). The molecule has 0 saturated carbocycles. The van der Waals surface area contributed by atoms with Crippen molar-refractivity contribution in [2.75, 3.05) is 0 Å². The maximum Gasteiger partial charge on any atom is 0.290 e. The lowest BCUT2D eigenvalue weighted by Gasteiger charge is -2.28. The first-order chi connectivity index (χ1) is 9.63. The zero-order valence-electron chi connectivity index (χ0n) is 12.2. The largest absolute Gasteiger partial charge is 0.459 e. The predicted octanol–water partition coefficient (Wildman–Crippen LogP) is 3.42. The second kappa shape index (κ2) is 6.37. The normalized spacial score (nSPS) is 12.2. The average molecular weight is 272 g/mol. The van der Waals surface area contributed by atoms with E-state index < -0.39 is 0 Å². The van der Waals surface area contributed by atoms with E-state index in [1.165, 1.54) is 0 Å². The van der Waals surface area contributed by atoms with Crippen LogP contribution in [-0.2, 0) is 6.54 Å². The third-order valence-corrected chi connectivity index (χ3v) is 3.54. The summed E-state index contributed by atoms with van der Waals surface area (Å²) in [5, 5.41) is 0. The van der Waals surface area contributed by atoms with Crippen molar-refractivity contribution in [3.8, 4) is 0 Å². The van der Waals surface area contributed by atoms with Crippen LogP contribution in [0.5, 0.6) is 0 Å². The van der Waals surface area contributed by atoms with Gasteiger partial charge in [-0.05, 0) is 44.0 Å². The summed E-state index contributed by atoms with van der Waals surface area (Å²) >= 11 is 0. The molecular weight excluding hydrogens is 252 g/mol. The SMILES string of the molecule is CCC(C)N(Cc1ccncc1)C(=O)c1occc1C. The Morgan fingerprint density at radius 2 is 2.05 bits per heavy atom. The van der Waals surface area contributed by atoms with Crippen molar-refractivity contribution in [3.63, 3.8) is 0 Å². The van der Waals surface area contributed by atoms with E-state index in [2.05, 4.69) is 18.8 Å². The number of aromatic nitrogens is 1. The molecule has 0 spiro atoms. The van der Waals surface area contributed by atoms with Gasteiger partial charge in [-0.1, -0.05) is 6.92 Å². The second-order valence-corrected chi connectivity index (χ2v) is 4.98. The quantitative estimate of drug-likeness (QED) is 0.837. The molecular formula is C16H20N2O2. The monoisotopic (exact) mass is 272 g/mol. The van der Waals surface area contributed by atoms with Gasteiger partial charge in [-0.3, -0.25) is 9.78 Å². The van der Waals surface area contributed by atoms with Crippen molar-refractivity contribution in [2.24, 2.45) is 0 Å². The van der Waals surface area contributed by atoms with Crippen molar-refractivity contribution >= 4 is 5.91 Å². The number of hydrogen-bond acceptors (Lipinski definition) is 3. The molecule has 0 bridgehead atoms. The number of nitrogens with zero attached hydrogens (tertiary/aromatic N) is 2. The van der Waals surface area contributed by atoms with Gasteiger partial charge in [-0.25, -0.2) is 0 Å². The molecule has 4 heteroatoms. The molecule has 4 nitrogen and oxygen atoms in total. The highest BCUT2D eigenvalue weighted by molar-refractivity contribution is 5.93. The summed E-state index contributed by atoms with van der Waals surface area (Å²) in [5.41, 5.74) is 1.94. The fraction of sp³-hybridized carbons (Fsp3) is 0.375. The summed E-state index contributed by atoms with van der Waals surface area (Å²) in [6.07, 6.45) is 5.94. The van der Waals surface area contributed by atoms with Crippen LogP contribution < -0.4 is 0 Å². The van der Waals surface area contributed by atoms with Crippen molar-refractivity contribution in [1.29, 1.82) is 0 Å². The molecule has 0 aromatic carbocycles. The molecule has 106 valence electrons. The van der Waals surface area contributed by atoms with E-state index in [9.17, 15) is 4.79 Å². The number of aryl methyl sites for hydroxylation is 1. The van der Waals surface area contributed by atoms with Crippen LogP contribution in [0.2, 0.25) is 0 Å². The zero-order valence-corrected chi connectivity index (χ0v) is 12.2. The highest BCUT2D eigenvalue weighted by Gasteiger charge is 2.24. The van der Waals surface area contributed by atoms with Crippen LogP contribution in [0.3, 0.4) is 0 Å². The Morgan fingerprint density at radius 3 is 2.60 bits per heavy atom. The minimum absolute atomic E-state index is 0.0568. The van der Waals surface area contributed by atoms with Gasteiger partial charge in [0.1, 0.15) is 0 Å². The van der Waals surface area contributed by atoms with Gasteiger partial charge in [0.25, 0.3) is 5.91 Å². The highest BCUT2D eigenvalue weighted by atomic mass is 16.3. The molecule has 0 fully saturated rings. The molecule has 1 unspecified atom stereocenters. The molecule has 2 heterocycles. The molecule has 2 aromatic rings. The van der Waals surface area contributed by atoms with Crippen LogP contribution in [0, 0.1) is 6.92 Å². The second-order valence-electron chi connectivity index (χ2n) is 4.98. The van der Waals surface area contributed by atoms with Crippen LogP contribution in [0.1, 0.15) is 41.9 Å². The van der Waals surface area contributed by atoms with Crippen LogP contribution in [0.25, 0.3) is 0 Å². The molecule has 0 aliphatic rings. The third-order valence-electron chi connectivity index (χ3n) is 3.54. The standard InChI is InChI=1S/C16H20N2O2/c1-4-13(3)18(11-14-5-8-17-9-6-14)16(19)15-12(2)7-10-20-15/h5-10,13H,4,11H2,1-3H3. The first-order valence-corrected chi connectivity index (χ1v) is 6.87. The maximum absolute atomic E-state index is 12.6. The molecule has 0 aliphatic heterocycles. The number of carbonyl (C=O) groups excluding carboxylic acids is 1. The Labute approximate surface area is 119 Å². The van der Waals surface area contributed by atoms with Gasteiger partial charge in [0.05, 0.1) is 6.26 Å². The first kappa shape index (κ1) is 14.3. The summed E-state index contributed by atoms with van der Waals surface area (Å²) in [4.78, 5) is 18.5. The third kappa shape index (κ3) is 3.07. The fourth-order valence-electron chi connectivity index (χ4n) is 2.06.